The van der Waals surface area contributed by atoms with Crippen molar-refractivity contribution in [1.82, 2.24) is 14.6 Å². The minimum atomic E-state index is 0.391. The number of imidazole rings is 1. The van der Waals surface area contributed by atoms with Crippen molar-refractivity contribution in [2.75, 3.05) is 20.3 Å². The van der Waals surface area contributed by atoms with Crippen molar-refractivity contribution in [2.45, 2.75) is 45.2 Å². The standard InChI is InChI=1S/C20H28N4O/c1-3-4-12-23-19(14-21-20(23)17-9-6-5-7-10-17)15-22-24-13-8-11-18(24)16-25-2/h5-7,9-10,14-15,18H,3-4,8,11-13,16H2,1-2H3/t18-/m0/s1. The minimum absolute atomic E-state index is 0.391. The normalized spacial score (nSPS) is 17.7. The predicted octanol–water partition coefficient (Wildman–Crippen LogP) is 3.79. The molecule has 5 heteroatoms. The molecule has 5 nitrogen and oxygen atoms in total. The van der Waals surface area contributed by atoms with Crippen molar-refractivity contribution in [2.24, 2.45) is 5.10 Å². The van der Waals surface area contributed by atoms with E-state index in [0.29, 0.717) is 6.04 Å². The molecule has 0 saturated carbocycles. The summed E-state index contributed by atoms with van der Waals surface area (Å²) < 4.78 is 7.60. The Kier molecular flexibility index (Phi) is 6.23. The molecule has 0 N–H and O–H groups in total. The minimum Gasteiger partial charge on any atom is -0.382 e. The van der Waals surface area contributed by atoms with E-state index in [9.17, 15) is 0 Å². The van der Waals surface area contributed by atoms with Crippen LogP contribution in [0.4, 0.5) is 0 Å². The van der Waals surface area contributed by atoms with Gasteiger partial charge in [0.25, 0.3) is 0 Å². The molecule has 1 aliphatic heterocycles. The van der Waals surface area contributed by atoms with Crippen LogP contribution in [0.5, 0.6) is 0 Å². The number of hydrogen-bond acceptors (Lipinski definition) is 4. The first kappa shape index (κ1) is 17.7. The molecular formula is C20H28N4O. The fourth-order valence-electron chi connectivity index (χ4n) is 3.33. The molecule has 1 saturated heterocycles. The lowest BCUT2D eigenvalue weighted by Crippen LogP contribution is -2.28. The van der Waals surface area contributed by atoms with E-state index < -0.39 is 0 Å². The zero-order valence-electron chi connectivity index (χ0n) is 15.3. The zero-order chi connectivity index (χ0) is 17.5. The summed E-state index contributed by atoms with van der Waals surface area (Å²) in [6, 6.07) is 10.8. The van der Waals surface area contributed by atoms with Gasteiger partial charge in [-0.15, -0.1) is 0 Å². The monoisotopic (exact) mass is 340 g/mol. The van der Waals surface area contributed by atoms with Crippen molar-refractivity contribution in [3.05, 3.63) is 42.2 Å². The van der Waals surface area contributed by atoms with Crippen LogP contribution in [0, 0.1) is 0 Å². The molecule has 1 aromatic carbocycles. The lowest BCUT2D eigenvalue weighted by atomic mass is 10.2. The molecule has 0 amide bonds. The van der Waals surface area contributed by atoms with Crippen LogP contribution in [0.25, 0.3) is 11.4 Å². The molecule has 25 heavy (non-hydrogen) atoms. The lowest BCUT2D eigenvalue weighted by molar-refractivity contribution is 0.118. The molecule has 0 unspecified atom stereocenters. The predicted molar refractivity (Wildman–Crippen MR) is 102 cm³/mol. The van der Waals surface area contributed by atoms with Crippen molar-refractivity contribution < 1.29 is 4.74 Å². The average Bonchev–Trinajstić information content (AvgIpc) is 3.26. The van der Waals surface area contributed by atoms with Gasteiger partial charge in [-0.3, -0.25) is 5.01 Å². The number of rotatable bonds is 8. The number of methoxy groups -OCH3 is 1. The summed E-state index contributed by atoms with van der Waals surface area (Å²) >= 11 is 0. The number of benzene rings is 1. The third-order valence-corrected chi connectivity index (χ3v) is 4.70. The maximum absolute atomic E-state index is 5.31. The SMILES string of the molecule is CCCCn1c(C=NN2CCC[C@H]2COC)cnc1-c1ccccc1. The van der Waals surface area contributed by atoms with E-state index >= 15 is 0 Å². The van der Waals surface area contributed by atoms with Crippen LogP contribution in [0.3, 0.4) is 0 Å². The van der Waals surface area contributed by atoms with Crippen LogP contribution in [0.2, 0.25) is 0 Å². The summed E-state index contributed by atoms with van der Waals surface area (Å²) in [6.45, 7) is 4.91. The Labute approximate surface area is 150 Å². The highest BCUT2D eigenvalue weighted by molar-refractivity contribution is 5.78. The Hall–Kier alpha value is -2.14. The fraction of sp³-hybridized carbons (Fsp3) is 0.500. The van der Waals surface area contributed by atoms with Crippen molar-refractivity contribution in [3.8, 4) is 11.4 Å². The summed E-state index contributed by atoms with van der Waals surface area (Å²) in [5.41, 5.74) is 2.21. The van der Waals surface area contributed by atoms with Crippen molar-refractivity contribution >= 4 is 6.21 Å². The average molecular weight is 340 g/mol. The highest BCUT2D eigenvalue weighted by Gasteiger charge is 2.22. The van der Waals surface area contributed by atoms with Crippen LogP contribution in [0.1, 0.15) is 38.3 Å². The molecule has 0 spiro atoms. The first-order valence-corrected chi connectivity index (χ1v) is 9.24. The van der Waals surface area contributed by atoms with E-state index in [4.69, 9.17) is 9.84 Å². The van der Waals surface area contributed by atoms with Gasteiger partial charge in [0.1, 0.15) is 5.82 Å². The largest absolute Gasteiger partial charge is 0.382 e. The number of unbranched alkanes of at least 4 members (excludes halogenated alkanes) is 1. The third kappa shape index (κ3) is 4.28. The number of hydrogen-bond donors (Lipinski definition) is 0. The van der Waals surface area contributed by atoms with Gasteiger partial charge in [-0.2, -0.15) is 5.10 Å². The van der Waals surface area contributed by atoms with Gasteiger partial charge in [0.2, 0.25) is 0 Å². The van der Waals surface area contributed by atoms with Gasteiger partial charge < -0.3 is 9.30 Å². The van der Waals surface area contributed by atoms with E-state index in [1.165, 1.54) is 6.42 Å². The topological polar surface area (TPSA) is 42.7 Å². The summed E-state index contributed by atoms with van der Waals surface area (Å²) in [5.74, 6) is 1.02. The second kappa shape index (κ2) is 8.81. The molecule has 1 aliphatic rings. The third-order valence-electron chi connectivity index (χ3n) is 4.70. The number of aromatic nitrogens is 2. The maximum Gasteiger partial charge on any atom is 0.140 e. The van der Waals surface area contributed by atoms with Gasteiger partial charge in [0.05, 0.1) is 30.8 Å². The van der Waals surface area contributed by atoms with Gasteiger partial charge in [-0.25, -0.2) is 4.98 Å². The molecule has 2 aromatic rings. The number of nitrogens with zero attached hydrogens (tertiary/aromatic N) is 4. The van der Waals surface area contributed by atoms with Crippen LogP contribution in [0.15, 0.2) is 41.6 Å². The van der Waals surface area contributed by atoms with E-state index in [0.717, 1.165) is 56.0 Å². The maximum atomic E-state index is 5.31. The van der Waals surface area contributed by atoms with Crippen LogP contribution < -0.4 is 0 Å². The van der Waals surface area contributed by atoms with Crippen LogP contribution in [-0.2, 0) is 11.3 Å². The molecule has 0 aliphatic carbocycles. The van der Waals surface area contributed by atoms with E-state index in [1.54, 1.807) is 7.11 Å². The summed E-state index contributed by atoms with van der Waals surface area (Å²) in [6.07, 6.45) is 8.51. The number of ether oxygens (including phenoxy) is 1. The Balaban J connectivity index is 1.83. The molecule has 1 aromatic heterocycles. The summed E-state index contributed by atoms with van der Waals surface area (Å²) in [4.78, 5) is 4.67. The highest BCUT2D eigenvalue weighted by atomic mass is 16.5. The van der Waals surface area contributed by atoms with Gasteiger partial charge in [0, 0.05) is 25.8 Å². The van der Waals surface area contributed by atoms with Crippen molar-refractivity contribution in [3.63, 3.8) is 0 Å². The second-order valence-corrected chi connectivity index (χ2v) is 6.54. The first-order chi connectivity index (χ1) is 12.3. The molecule has 1 atom stereocenters. The summed E-state index contributed by atoms with van der Waals surface area (Å²) in [7, 11) is 1.76. The van der Waals surface area contributed by atoms with Crippen LogP contribution in [-0.4, -0.2) is 47.1 Å². The Morgan fingerprint density at radius 3 is 2.92 bits per heavy atom. The van der Waals surface area contributed by atoms with Gasteiger partial charge in [0.15, 0.2) is 0 Å². The molecule has 134 valence electrons. The molecule has 1 fully saturated rings. The molecule has 2 heterocycles. The lowest BCUT2D eigenvalue weighted by Gasteiger charge is -2.20. The quantitative estimate of drug-likeness (QED) is 0.687. The second-order valence-electron chi connectivity index (χ2n) is 6.54. The van der Waals surface area contributed by atoms with E-state index in [2.05, 4.69) is 45.7 Å². The van der Waals surface area contributed by atoms with Crippen LogP contribution >= 0.6 is 0 Å². The number of hydrazone groups is 1. The Morgan fingerprint density at radius 1 is 1.32 bits per heavy atom. The molecule has 0 bridgehead atoms. The Morgan fingerprint density at radius 2 is 2.16 bits per heavy atom. The zero-order valence-corrected chi connectivity index (χ0v) is 15.3. The van der Waals surface area contributed by atoms with Crippen molar-refractivity contribution in [1.29, 1.82) is 0 Å². The summed E-state index contributed by atoms with van der Waals surface area (Å²) in [5, 5.41) is 6.89. The van der Waals surface area contributed by atoms with E-state index in [-0.39, 0.29) is 0 Å². The first-order valence-electron chi connectivity index (χ1n) is 9.24. The van der Waals surface area contributed by atoms with Gasteiger partial charge >= 0.3 is 0 Å². The Bertz CT molecular complexity index is 680. The fourth-order valence-corrected chi connectivity index (χ4v) is 3.33. The molecular weight excluding hydrogens is 312 g/mol. The molecule has 3 rings (SSSR count). The van der Waals surface area contributed by atoms with Gasteiger partial charge in [-0.05, 0) is 19.3 Å². The molecule has 0 radical (unpaired) electrons. The van der Waals surface area contributed by atoms with Gasteiger partial charge in [-0.1, -0.05) is 43.7 Å². The smallest absolute Gasteiger partial charge is 0.140 e. The highest BCUT2D eigenvalue weighted by Crippen LogP contribution is 2.21. The van der Waals surface area contributed by atoms with E-state index in [1.807, 2.05) is 18.5 Å².